The lowest BCUT2D eigenvalue weighted by atomic mass is 10.1. The molecule has 0 spiro atoms. The van der Waals surface area contributed by atoms with Crippen molar-refractivity contribution in [1.82, 2.24) is 8.86 Å². The number of morpholine rings is 1. The van der Waals surface area contributed by atoms with Crippen LogP contribution in [0.5, 0.6) is 0 Å². The van der Waals surface area contributed by atoms with E-state index in [1.807, 2.05) is 0 Å². The highest BCUT2D eigenvalue weighted by atomic mass is 32.1. The summed E-state index contributed by atoms with van der Waals surface area (Å²) >= 11 is 0.563. The van der Waals surface area contributed by atoms with Gasteiger partial charge in [0, 0.05) is 13.1 Å². The van der Waals surface area contributed by atoms with Crippen LogP contribution in [0.4, 0.5) is 28.3 Å². The number of hydrogen-bond donors (Lipinski definition) is 0. The van der Waals surface area contributed by atoms with Gasteiger partial charge in [-0.3, -0.25) is 9.59 Å². The Bertz CT molecular complexity index is 1170. The van der Waals surface area contributed by atoms with Crippen molar-refractivity contribution in [2.45, 2.75) is 6.18 Å². The van der Waals surface area contributed by atoms with E-state index in [2.05, 4.69) is 0 Å². The summed E-state index contributed by atoms with van der Waals surface area (Å²) in [6.07, 6.45) is -4.83. The number of hydrogen-bond acceptors (Lipinski definition) is 5. The van der Waals surface area contributed by atoms with Crippen LogP contribution in [0.2, 0.25) is 0 Å². The van der Waals surface area contributed by atoms with Crippen molar-refractivity contribution in [3.63, 3.8) is 0 Å². The third-order valence-electron chi connectivity index (χ3n) is 4.89. The molecule has 0 aliphatic carbocycles. The number of benzene rings is 2. The number of halogens is 4. The van der Waals surface area contributed by atoms with Crippen LogP contribution in [0.1, 0.15) is 15.9 Å². The molecule has 1 fully saturated rings. The molecule has 1 aliphatic rings. The summed E-state index contributed by atoms with van der Waals surface area (Å²) < 4.78 is 62.3. The predicted molar refractivity (Wildman–Crippen MR) is 111 cm³/mol. The van der Waals surface area contributed by atoms with Crippen LogP contribution in [-0.2, 0) is 10.9 Å². The smallest absolute Gasteiger partial charge is 0.378 e. The highest BCUT2D eigenvalue weighted by molar-refractivity contribution is 7.11. The van der Waals surface area contributed by atoms with E-state index in [9.17, 15) is 22.8 Å². The van der Waals surface area contributed by atoms with E-state index >= 15 is 4.48 Å². The van der Waals surface area contributed by atoms with Gasteiger partial charge in [0.1, 0.15) is 5.56 Å². The lowest BCUT2D eigenvalue weighted by Crippen LogP contribution is -2.42. The van der Waals surface area contributed by atoms with E-state index < -0.39 is 39.5 Å². The molecule has 3 aromatic rings. The van der Waals surface area contributed by atoms with Gasteiger partial charge in [-0.25, -0.2) is 3.96 Å². The standard InChI is InChI=1S/C21H17F4N3O3S/c22-21(23,24)15-8-4-5-9-16(15)27(25)20-17(18(29)26-10-12-31-13-11-26)19(30)28(32-20)14-6-2-1-3-7-14/h1-9H,10-13H2. The molecule has 168 valence electrons. The Morgan fingerprint density at radius 2 is 1.62 bits per heavy atom. The first-order valence-electron chi connectivity index (χ1n) is 9.60. The van der Waals surface area contributed by atoms with E-state index in [0.717, 1.165) is 22.2 Å². The molecule has 2 heterocycles. The Balaban J connectivity index is 1.88. The fourth-order valence-corrected chi connectivity index (χ4v) is 4.35. The maximum Gasteiger partial charge on any atom is 0.418 e. The zero-order valence-corrected chi connectivity index (χ0v) is 17.3. The van der Waals surface area contributed by atoms with Crippen molar-refractivity contribution >= 4 is 28.1 Å². The molecule has 4 rings (SSSR count). The van der Waals surface area contributed by atoms with Crippen LogP contribution in [0, 0.1) is 0 Å². The van der Waals surface area contributed by atoms with Gasteiger partial charge in [-0.15, -0.1) is 0 Å². The molecule has 32 heavy (non-hydrogen) atoms. The van der Waals surface area contributed by atoms with E-state index in [0.29, 0.717) is 17.2 Å². The average Bonchev–Trinajstić information content (AvgIpc) is 3.15. The Morgan fingerprint density at radius 3 is 2.28 bits per heavy atom. The van der Waals surface area contributed by atoms with Crippen LogP contribution in [0.25, 0.3) is 5.69 Å². The summed E-state index contributed by atoms with van der Waals surface area (Å²) in [4.78, 5) is 27.7. The monoisotopic (exact) mass is 467 g/mol. The number of nitrogens with zero attached hydrogens (tertiary/aromatic N) is 3. The van der Waals surface area contributed by atoms with Crippen molar-refractivity contribution in [2.75, 3.05) is 31.4 Å². The summed E-state index contributed by atoms with van der Waals surface area (Å²) in [5, 5.41) is -0.755. The lowest BCUT2D eigenvalue weighted by Gasteiger charge is -2.27. The molecule has 0 radical (unpaired) electrons. The predicted octanol–water partition coefficient (Wildman–Crippen LogP) is 4.41. The fraction of sp³-hybridized carbons (Fsp3) is 0.238. The number of ether oxygens (including phenoxy) is 1. The topological polar surface area (TPSA) is 54.8 Å². The summed E-state index contributed by atoms with van der Waals surface area (Å²) in [5.41, 5.74) is -3.00. The molecule has 11 heteroatoms. The molecule has 0 unspecified atom stereocenters. The maximum absolute atomic E-state index is 15.6. The van der Waals surface area contributed by atoms with Gasteiger partial charge in [0.2, 0.25) is 0 Å². The maximum atomic E-state index is 15.6. The number of aromatic nitrogens is 1. The SMILES string of the molecule is O=C(c1c(N(F)c2ccccc2C(F)(F)F)sn(-c2ccccc2)c1=O)N1CCOCC1. The van der Waals surface area contributed by atoms with Crippen LogP contribution >= 0.6 is 11.5 Å². The number of carbonyl (C=O) groups is 1. The first kappa shape index (κ1) is 22.0. The lowest BCUT2D eigenvalue weighted by molar-refractivity contribution is -0.137. The van der Waals surface area contributed by atoms with Crippen molar-refractivity contribution < 1.29 is 27.2 Å². The minimum Gasteiger partial charge on any atom is -0.378 e. The Kier molecular flexibility index (Phi) is 6.02. The minimum absolute atomic E-state index is 0.185. The molecule has 0 bridgehead atoms. The molecule has 1 aliphatic heterocycles. The highest BCUT2D eigenvalue weighted by Crippen LogP contribution is 2.41. The zero-order chi connectivity index (χ0) is 22.9. The normalized spacial score (nSPS) is 14.4. The number of alkyl halides is 3. The summed E-state index contributed by atoms with van der Waals surface area (Å²) in [5.74, 6) is -0.758. The first-order valence-corrected chi connectivity index (χ1v) is 10.4. The molecule has 1 amide bonds. The minimum atomic E-state index is -4.83. The van der Waals surface area contributed by atoms with Crippen LogP contribution in [0.15, 0.2) is 59.4 Å². The molecule has 0 atom stereocenters. The largest absolute Gasteiger partial charge is 0.418 e. The van der Waals surface area contributed by atoms with Gasteiger partial charge in [0.05, 0.1) is 30.2 Å². The van der Waals surface area contributed by atoms with Gasteiger partial charge in [-0.2, -0.15) is 18.3 Å². The number of para-hydroxylation sites is 2. The number of carbonyl (C=O) groups excluding carboxylic acids is 1. The van der Waals surface area contributed by atoms with E-state index in [1.54, 1.807) is 30.3 Å². The second-order valence-electron chi connectivity index (χ2n) is 6.91. The molecule has 1 saturated heterocycles. The van der Waals surface area contributed by atoms with Crippen LogP contribution in [0.3, 0.4) is 0 Å². The summed E-state index contributed by atoms with van der Waals surface area (Å²) in [6, 6.07) is 12.2. The van der Waals surface area contributed by atoms with Gasteiger partial charge < -0.3 is 9.64 Å². The van der Waals surface area contributed by atoms with Gasteiger partial charge in [0.15, 0.2) is 5.00 Å². The van der Waals surface area contributed by atoms with Crippen LogP contribution < -0.4 is 10.7 Å². The van der Waals surface area contributed by atoms with Gasteiger partial charge in [-0.1, -0.05) is 34.8 Å². The first-order chi connectivity index (χ1) is 15.3. The molecule has 0 saturated carbocycles. The quantitative estimate of drug-likeness (QED) is 0.421. The fourth-order valence-electron chi connectivity index (χ4n) is 3.34. The number of rotatable bonds is 4. The van der Waals surface area contributed by atoms with Crippen molar-refractivity contribution in [3.8, 4) is 5.69 Å². The van der Waals surface area contributed by atoms with Gasteiger partial charge in [0.25, 0.3) is 11.5 Å². The summed E-state index contributed by atoms with van der Waals surface area (Å²) in [6.45, 7) is 0.858. The van der Waals surface area contributed by atoms with E-state index in [4.69, 9.17) is 4.74 Å². The number of anilines is 2. The van der Waals surface area contributed by atoms with Crippen molar-refractivity contribution in [2.24, 2.45) is 0 Å². The Morgan fingerprint density at radius 1 is 1.00 bits per heavy atom. The molecular formula is C21H17F4N3O3S. The van der Waals surface area contributed by atoms with Gasteiger partial charge in [-0.05, 0) is 35.8 Å². The Hall–Kier alpha value is -3.18. The van der Waals surface area contributed by atoms with Gasteiger partial charge >= 0.3 is 6.18 Å². The highest BCUT2D eigenvalue weighted by Gasteiger charge is 2.38. The average molecular weight is 467 g/mol. The Labute approximate surface area is 183 Å². The molecule has 0 N–H and O–H groups in total. The second-order valence-corrected chi connectivity index (χ2v) is 7.84. The molecule has 1 aromatic heterocycles. The third-order valence-corrected chi connectivity index (χ3v) is 5.99. The summed E-state index contributed by atoms with van der Waals surface area (Å²) in [7, 11) is 0. The van der Waals surface area contributed by atoms with Crippen LogP contribution in [-0.4, -0.2) is 41.1 Å². The van der Waals surface area contributed by atoms with Crippen molar-refractivity contribution in [3.05, 3.63) is 76.1 Å². The third kappa shape index (κ3) is 4.13. The zero-order valence-electron chi connectivity index (χ0n) is 16.5. The molecule has 6 nitrogen and oxygen atoms in total. The molecular weight excluding hydrogens is 450 g/mol. The second kappa shape index (κ2) is 8.75. The van der Waals surface area contributed by atoms with E-state index in [-0.39, 0.29) is 31.4 Å². The number of amides is 1. The van der Waals surface area contributed by atoms with Crippen molar-refractivity contribution in [1.29, 1.82) is 0 Å². The molecule has 2 aromatic carbocycles. The van der Waals surface area contributed by atoms with E-state index in [1.165, 1.54) is 11.0 Å².